The standard InChI is InChI=1S/C18H18ClN3O3/c1-2-22-10-9-14(21-22)11-20-18(23)17-8-7-16(25-17)12-24-15-5-3-13(19)4-6-15/h3-10H,2,11-12H2,1H3,(H,20,23). The first-order chi connectivity index (χ1) is 12.1. The largest absolute Gasteiger partial charge is 0.486 e. The Labute approximate surface area is 150 Å². The van der Waals surface area contributed by atoms with Crippen LogP contribution in [0.15, 0.2) is 53.1 Å². The zero-order valence-electron chi connectivity index (χ0n) is 13.7. The molecule has 6 nitrogen and oxygen atoms in total. The fourth-order valence-corrected chi connectivity index (χ4v) is 2.32. The lowest BCUT2D eigenvalue weighted by atomic mass is 10.3. The van der Waals surface area contributed by atoms with E-state index in [9.17, 15) is 4.79 Å². The van der Waals surface area contributed by atoms with E-state index in [2.05, 4.69) is 10.4 Å². The van der Waals surface area contributed by atoms with E-state index in [4.69, 9.17) is 20.8 Å². The number of hydrogen-bond donors (Lipinski definition) is 1. The summed E-state index contributed by atoms with van der Waals surface area (Å²) in [5.74, 6) is 1.20. The van der Waals surface area contributed by atoms with Crippen molar-refractivity contribution in [3.63, 3.8) is 0 Å². The number of carbonyl (C=O) groups excluding carboxylic acids is 1. The number of carbonyl (C=O) groups is 1. The van der Waals surface area contributed by atoms with Crippen LogP contribution in [0.4, 0.5) is 0 Å². The molecule has 0 bridgehead atoms. The highest BCUT2D eigenvalue weighted by Crippen LogP contribution is 2.17. The van der Waals surface area contributed by atoms with Crippen LogP contribution in [0.1, 0.15) is 28.9 Å². The maximum Gasteiger partial charge on any atom is 0.287 e. The first-order valence-electron chi connectivity index (χ1n) is 7.91. The number of amides is 1. The molecule has 0 radical (unpaired) electrons. The number of benzene rings is 1. The summed E-state index contributed by atoms with van der Waals surface area (Å²) in [4.78, 5) is 12.1. The van der Waals surface area contributed by atoms with Crippen LogP contribution >= 0.6 is 11.6 Å². The number of nitrogens with zero attached hydrogens (tertiary/aromatic N) is 2. The van der Waals surface area contributed by atoms with Gasteiger partial charge in [-0.25, -0.2) is 0 Å². The lowest BCUT2D eigenvalue weighted by molar-refractivity contribution is 0.0918. The number of halogens is 1. The van der Waals surface area contributed by atoms with Gasteiger partial charge in [0.05, 0.1) is 12.2 Å². The molecule has 1 aromatic carbocycles. The van der Waals surface area contributed by atoms with Crippen LogP contribution in [0.5, 0.6) is 5.75 Å². The maximum atomic E-state index is 12.1. The van der Waals surface area contributed by atoms with Gasteiger partial charge in [-0.05, 0) is 49.4 Å². The van der Waals surface area contributed by atoms with Gasteiger partial charge in [-0.3, -0.25) is 9.48 Å². The molecule has 0 saturated carbocycles. The zero-order chi connectivity index (χ0) is 17.6. The van der Waals surface area contributed by atoms with Crippen molar-refractivity contribution in [3.8, 4) is 5.75 Å². The molecule has 0 saturated heterocycles. The lowest BCUT2D eigenvalue weighted by Gasteiger charge is -2.04. The molecular weight excluding hydrogens is 342 g/mol. The van der Waals surface area contributed by atoms with E-state index in [1.165, 1.54) is 0 Å². The van der Waals surface area contributed by atoms with Gasteiger partial charge in [0.15, 0.2) is 5.76 Å². The molecule has 0 spiro atoms. The van der Waals surface area contributed by atoms with Gasteiger partial charge in [0.2, 0.25) is 0 Å². The van der Waals surface area contributed by atoms with E-state index in [1.54, 1.807) is 41.1 Å². The summed E-state index contributed by atoms with van der Waals surface area (Å²) in [6.45, 7) is 3.38. The SMILES string of the molecule is CCn1ccc(CNC(=O)c2ccc(COc3ccc(Cl)cc3)o2)n1. The minimum Gasteiger partial charge on any atom is -0.486 e. The van der Waals surface area contributed by atoms with Crippen molar-refractivity contribution in [2.45, 2.75) is 26.6 Å². The summed E-state index contributed by atoms with van der Waals surface area (Å²) >= 11 is 5.83. The third-order valence-electron chi connectivity index (χ3n) is 3.53. The molecule has 3 rings (SSSR count). The Morgan fingerprint density at radius 1 is 1.24 bits per heavy atom. The average molecular weight is 360 g/mol. The van der Waals surface area contributed by atoms with Gasteiger partial charge in [-0.15, -0.1) is 0 Å². The highest BCUT2D eigenvalue weighted by atomic mass is 35.5. The molecule has 130 valence electrons. The molecular formula is C18H18ClN3O3. The Morgan fingerprint density at radius 3 is 2.76 bits per heavy atom. The van der Waals surface area contributed by atoms with Crippen LogP contribution in [0.3, 0.4) is 0 Å². The van der Waals surface area contributed by atoms with Crippen LogP contribution in [0.25, 0.3) is 0 Å². The molecule has 0 atom stereocenters. The molecule has 0 aliphatic heterocycles. The van der Waals surface area contributed by atoms with Crippen LogP contribution in [-0.4, -0.2) is 15.7 Å². The van der Waals surface area contributed by atoms with Crippen LogP contribution in [0.2, 0.25) is 5.02 Å². The number of ether oxygens (including phenoxy) is 1. The Kier molecular flexibility index (Phi) is 5.40. The van der Waals surface area contributed by atoms with Crippen LogP contribution in [-0.2, 0) is 19.7 Å². The third kappa shape index (κ3) is 4.64. The molecule has 0 unspecified atom stereocenters. The number of aryl methyl sites for hydroxylation is 1. The second kappa shape index (κ2) is 7.90. The lowest BCUT2D eigenvalue weighted by Crippen LogP contribution is -2.22. The van der Waals surface area contributed by atoms with Crippen molar-refractivity contribution in [2.24, 2.45) is 0 Å². The summed E-state index contributed by atoms with van der Waals surface area (Å²) in [6, 6.07) is 12.3. The van der Waals surface area contributed by atoms with E-state index in [-0.39, 0.29) is 18.3 Å². The second-order valence-corrected chi connectivity index (χ2v) is 5.79. The van der Waals surface area contributed by atoms with Crippen LogP contribution in [0, 0.1) is 0 Å². The summed E-state index contributed by atoms with van der Waals surface area (Å²) < 4.78 is 12.9. The number of rotatable bonds is 7. The highest BCUT2D eigenvalue weighted by Gasteiger charge is 2.12. The van der Waals surface area contributed by atoms with E-state index in [1.807, 2.05) is 19.2 Å². The van der Waals surface area contributed by atoms with Crippen molar-refractivity contribution < 1.29 is 13.9 Å². The summed E-state index contributed by atoms with van der Waals surface area (Å²) in [7, 11) is 0. The molecule has 0 aliphatic rings. The topological polar surface area (TPSA) is 69.3 Å². The monoisotopic (exact) mass is 359 g/mol. The van der Waals surface area contributed by atoms with Gasteiger partial charge in [0.25, 0.3) is 5.91 Å². The Bertz CT molecular complexity index is 839. The van der Waals surface area contributed by atoms with Gasteiger partial charge >= 0.3 is 0 Å². The van der Waals surface area contributed by atoms with Crippen LogP contribution < -0.4 is 10.1 Å². The Morgan fingerprint density at radius 2 is 2.04 bits per heavy atom. The summed E-state index contributed by atoms with van der Waals surface area (Å²) in [5.41, 5.74) is 0.799. The minimum atomic E-state index is -0.288. The van der Waals surface area contributed by atoms with Gasteiger partial charge in [0.1, 0.15) is 18.1 Å². The number of aromatic nitrogens is 2. The van der Waals surface area contributed by atoms with E-state index < -0.39 is 0 Å². The Balaban J connectivity index is 1.51. The molecule has 0 fully saturated rings. The van der Waals surface area contributed by atoms with Gasteiger partial charge in [-0.2, -0.15) is 5.10 Å². The molecule has 0 aliphatic carbocycles. The average Bonchev–Trinajstić information content (AvgIpc) is 3.28. The van der Waals surface area contributed by atoms with Crippen molar-refractivity contribution in [2.75, 3.05) is 0 Å². The fourth-order valence-electron chi connectivity index (χ4n) is 2.19. The highest BCUT2D eigenvalue weighted by molar-refractivity contribution is 6.30. The number of hydrogen-bond acceptors (Lipinski definition) is 4. The molecule has 3 aromatic rings. The van der Waals surface area contributed by atoms with Gasteiger partial charge in [-0.1, -0.05) is 11.6 Å². The third-order valence-corrected chi connectivity index (χ3v) is 3.78. The molecule has 1 amide bonds. The maximum absolute atomic E-state index is 12.1. The normalized spacial score (nSPS) is 10.6. The Hall–Kier alpha value is -2.73. The van der Waals surface area contributed by atoms with Crippen molar-refractivity contribution >= 4 is 17.5 Å². The number of furan rings is 1. The smallest absolute Gasteiger partial charge is 0.287 e. The van der Waals surface area contributed by atoms with Crippen molar-refractivity contribution in [3.05, 3.63) is 70.9 Å². The van der Waals surface area contributed by atoms with Crippen molar-refractivity contribution in [1.29, 1.82) is 0 Å². The van der Waals surface area contributed by atoms with E-state index >= 15 is 0 Å². The van der Waals surface area contributed by atoms with Gasteiger partial charge < -0.3 is 14.5 Å². The summed E-state index contributed by atoms with van der Waals surface area (Å²) in [6.07, 6.45) is 1.88. The zero-order valence-corrected chi connectivity index (χ0v) is 14.5. The number of nitrogens with one attached hydrogen (secondary N) is 1. The quantitative estimate of drug-likeness (QED) is 0.699. The molecule has 1 N–H and O–H groups in total. The summed E-state index contributed by atoms with van der Waals surface area (Å²) in [5, 5.41) is 7.74. The fraction of sp³-hybridized carbons (Fsp3) is 0.222. The van der Waals surface area contributed by atoms with Crippen molar-refractivity contribution in [1.82, 2.24) is 15.1 Å². The first-order valence-corrected chi connectivity index (χ1v) is 8.29. The second-order valence-electron chi connectivity index (χ2n) is 5.35. The predicted octanol–water partition coefficient (Wildman–Crippen LogP) is 3.66. The minimum absolute atomic E-state index is 0.232. The molecule has 7 heteroatoms. The molecule has 2 heterocycles. The predicted molar refractivity (Wildman–Crippen MR) is 93.6 cm³/mol. The first kappa shape index (κ1) is 17.1. The molecule has 25 heavy (non-hydrogen) atoms. The van der Waals surface area contributed by atoms with E-state index in [0.29, 0.717) is 23.1 Å². The molecule has 2 aromatic heterocycles. The van der Waals surface area contributed by atoms with E-state index in [0.717, 1.165) is 12.2 Å². The van der Waals surface area contributed by atoms with Gasteiger partial charge in [0, 0.05) is 17.8 Å².